The average Bonchev–Trinajstić information content (AvgIpc) is 2.86. The van der Waals surface area contributed by atoms with Crippen LogP contribution in [-0.2, 0) is 0 Å². The number of anilines is 1. The molecule has 1 aliphatic heterocycles. The third-order valence-corrected chi connectivity index (χ3v) is 4.01. The van der Waals surface area contributed by atoms with Gasteiger partial charge in [0.1, 0.15) is 0 Å². The third-order valence-electron chi connectivity index (χ3n) is 4.01. The largest absolute Gasteiger partial charge is 0.395 e. The summed E-state index contributed by atoms with van der Waals surface area (Å²) in [5.74, 6) is 0.0486. The van der Waals surface area contributed by atoms with Crippen molar-refractivity contribution >= 4 is 11.6 Å². The number of hydrogen-bond donors (Lipinski definition) is 3. The molecule has 1 amide bonds. The van der Waals surface area contributed by atoms with Crippen molar-refractivity contribution in [1.82, 2.24) is 20.4 Å². The van der Waals surface area contributed by atoms with Gasteiger partial charge in [-0.3, -0.25) is 9.89 Å². The Morgan fingerprint density at radius 2 is 2.10 bits per heavy atom. The number of nitrogens with two attached hydrogens (primary N) is 1. The number of carbonyl (C=O) groups excluding carboxylic acids is 1. The van der Waals surface area contributed by atoms with Crippen molar-refractivity contribution in [2.24, 2.45) is 0 Å². The summed E-state index contributed by atoms with van der Waals surface area (Å²) in [4.78, 5) is 14.5. The zero-order valence-electron chi connectivity index (χ0n) is 13.1. The van der Waals surface area contributed by atoms with Crippen LogP contribution in [0, 0.1) is 0 Å². The molecule has 0 unspecified atom stereocenters. The van der Waals surface area contributed by atoms with Gasteiger partial charge in [0.05, 0.1) is 11.4 Å². The van der Waals surface area contributed by atoms with Gasteiger partial charge >= 0.3 is 0 Å². The molecule has 118 valence electrons. The van der Waals surface area contributed by atoms with Crippen LogP contribution in [-0.4, -0.2) is 47.2 Å². The first-order chi connectivity index (χ1) is 10.1. The zero-order valence-corrected chi connectivity index (χ0v) is 13.1. The fourth-order valence-corrected chi connectivity index (χ4v) is 2.75. The summed E-state index contributed by atoms with van der Waals surface area (Å²) < 4.78 is 0. The van der Waals surface area contributed by atoms with E-state index in [2.05, 4.69) is 20.4 Å². The van der Waals surface area contributed by atoms with Crippen LogP contribution in [0.3, 0.4) is 0 Å². The zero-order chi connectivity index (χ0) is 15.2. The number of nitrogens with one attached hydrogen (secondary N) is 2. The van der Waals surface area contributed by atoms with Gasteiger partial charge in [0.25, 0.3) is 5.91 Å². The molecule has 1 aromatic heterocycles. The van der Waals surface area contributed by atoms with E-state index in [9.17, 15) is 4.79 Å². The summed E-state index contributed by atoms with van der Waals surface area (Å²) >= 11 is 0. The maximum atomic E-state index is 12.1. The molecule has 0 aliphatic carbocycles. The molecule has 0 spiro atoms. The Balaban J connectivity index is 1.74. The number of carbonyl (C=O) groups is 1. The lowest BCUT2D eigenvalue weighted by Crippen LogP contribution is -2.33. The van der Waals surface area contributed by atoms with E-state index in [-0.39, 0.29) is 11.8 Å². The lowest BCUT2D eigenvalue weighted by atomic mass is 10.1. The van der Waals surface area contributed by atoms with Crippen LogP contribution < -0.4 is 11.1 Å². The molecule has 0 saturated carbocycles. The molecular weight excluding hydrogens is 266 g/mol. The Labute approximate surface area is 126 Å². The predicted octanol–water partition coefficient (Wildman–Crippen LogP) is 1.72. The Morgan fingerprint density at radius 1 is 1.38 bits per heavy atom. The lowest BCUT2D eigenvalue weighted by molar-refractivity contribution is 0.0947. The second-order valence-corrected chi connectivity index (χ2v) is 6.07. The molecule has 1 saturated heterocycles. The number of rotatable bonds is 6. The molecule has 4 N–H and O–H groups in total. The third kappa shape index (κ3) is 4.20. The summed E-state index contributed by atoms with van der Waals surface area (Å²) in [7, 11) is 0. The van der Waals surface area contributed by atoms with E-state index in [1.165, 1.54) is 32.4 Å². The fourth-order valence-electron chi connectivity index (χ4n) is 2.75. The average molecular weight is 293 g/mol. The normalized spacial score (nSPS) is 16.3. The van der Waals surface area contributed by atoms with Crippen molar-refractivity contribution in [3.8, 4) is 0 Å². The van der Waals surface area contributed by atoms with Crippen molar-refractivity contribution in [3.05, 3.63) is 11.4 Å². The Morgan fingerprint density at radius 3 is 2.71 bits per heavy atom. The second kappa shape index (κ2) is 7.45. The van der Waals surface area contributed by atoms with Crippen LogP contribution in [0.2, 0.25) is 0 Å². The molecule has 6 nitrogen and oxygen atoms in total. The predicted molar refractivity (Wildman–Crippen MR) is 84.3 cm³/mol. The summed E-state index contributed by atoms with van der Waals surface area (Å²) in [6.07, 6.45) is 4.92. The lowest BCUT2D eigenvalue weighted by Gasteiger charge is -2.26. The molecule has 1 aliphatic rings. The van der Waals surface area contributed by atoms with Crippen LogP contribution in [0.5, 0.6) is 0 Å². The van der Waals surface area contributed by atoms with Crippen molar-refractivity contribution < 1.29 is 4.79 Å². The van der Waals surface area contributed by atoms with Crippen LogP contribution in [0.15, 0.2) is 0 Å². The first kappa shape index (κ1) is 15.8. The molecular formula is C15H27N5O. The number of aromatic amines is 1. The summed E-state index contributed by atoms with van der Waals surface area (Å²) in [5, 5.41) is 9.79. The highest BCUT2D eigenvalue weighted by molar-refractivity contribution is 5.97. The molecule has 1 aromatic rings. The van der Waals surface area contributed by atoms with E-state index in [0.717, 1.165) is 18.7 Å². The van der Waals surface area contributed by atoms with Crippen molar-refractivity contribution in [3.63, 3.8) is 0 Å². The number of hydrogen-bond acceptors (Lipinski definition) is 4. The van der Waals surface area contributed by atoms with Crippen LogP contribution in [0.25, 0.3) is 0 Å². The first-order valence-electron chi connectivity index (χ1n) is 7.94. The first-order valence-corrected chi connectivity index (χ1v) is 7.94. The van der Waals surface area contributed by atoms with Gasteiger partial charge in [-0.1, -0.05) is 20.3 Å². The van der Waals surface area contributed by atoms with E-state index in [1.54, 1.807) is 0 Å². The molecule has 0 atom stereocenters. The van der Waals surface area contributed by atoms with Gasteiger partial charge in [-0.15, -0.1) is 0 Å². The van der Waals surface area contributed by atoms with Gasteiger partial charge in [-0.2, -0.15) is 5.10 Å². The highest BCUT2D eigenvalue weighted by Crippen LogP contribution is 2.21. The van der Waals surface area contributed by atoms with E-state index in [4.69, 9.17) is 5.73 Å². The number of nitrogen functional groups attached to an aromatic ring is 1. The number of piperidine rings is 1. The molecule has 0 radical (unpaired) electrons. The van der Waals surface area contributed by atoms with Gasteiger partial charge in [0, 0.05) is 6.54 Å². The minimum atomic E-state index is -0.186. The van der Waals surface area contributed by atoms with Gasteiger partial charge in [-0.25, -0.2) is 0 Å². The quantitative estimate of drug-likeness (QED) is 0.697. The number of likely N-dealkylation sites (tertiary alicyclic amines) is 1. The number of amides is 1. The molecule has 21 heavy (non-hydrogen) atoms. The topological polar surface area (TPSA) is 87.0 Å². The van der Waals surface area contributed by atoms with Gasteiger partial charge in [0.15, 0.2) is 5.69 Å². The summed E-state index contributed by atoms with van der Waals surface area (Å²) in [6, 6.07) is 0. The highest BCUT2D eigenvalue weighted by Gasteiger charge is 2.18. The molecule has 6 heteroatoms. The summed E-state index contributed by atoms with van der Waals surface area (Å²) in [5.41, 5.74) is 7.58. The second-order valence-electron chi connectivity index (χ2n) is 6.07. The maximum absolute atomic E-state index is 12.1. The number of H-pyrrole nitrogens is 1. The minimum absolute atomic E-state index is 0.186. The highest BCUT2D eigenvalue weighted by atomic mass is 16.1. The van der Waals surface area contributed by atoms with E-state index >= 15 is 0 Å². The van der Waals surface area contributed by atoms with Crippen molar-refractivity contribution in [2.75, 3.05) is 31.9 Å². The van der Waals surface area contributed by atoms with Crippen molar-refractivity contribution in [2.45, 2.75) is 45.4 Å². The number of nitrogens with zero attached hydrogens (tertiary/aromatic N) is 2. The molecule has 0 aromatic carbocycles. The van der Waals surface area contributed by atoms with Gasteiger partial charge < -0.3 is 16.0 Å². The Kier molecular flexibility index (Phi) is 5.61. The molecule has 2 rings (SSSR count). The molecule has 2 heterocycles. The van der Waals surface area contributed by atoms with E-state index in [0.29, 0.717) is 17.9 Å². The monoisotopic (exact) mass is 293 g/mol. The molecule has 1 fully saturated rings. The van der Waals surface area contributed by atoms with Crippen LogP contribution in [0.1, 0.15) is 61.6 Å². The minimum Gasteiger partial charge on any atom is -0.395 e. The van der Waals surface area contributed by atoms with E-state index in [1.807, 2.05) is 13.8 Å². The van der Waals surface area contributed by atoms with Gasteiger partial charge in [0.2, 0.25) is 0 Å². The van der Waals surface area contributed by atoms with E-state index < -0.39 is 0 Å². The fraction of sp³-hybridized carbons (Fsp3) is 0.733. The number of aromatic nitrogens is 2. The Hall–Kier alpha value is -1.56. The Bertz CT molecular complexity index is 463. The standard InChI is InChI=1S/C15H27N5O/c1-11(2)13-12(16)14(19-18-13)15(21)17-7-6-10-20-8-4-3-5-9-20/h11H,3-10,16H2,1-2H3,(H,17,21)(H,18,19). The molecule has 0 bridgehead atoms. The smallest absolute Gasteiger partial charge is 0.273 e. The van der Waals surface area contributed by atoms with Crippen molar-refractivity contribution in [1.29, 1.82) is 0 Å². The maximum Gasteiger partial charge on any atom is 0.273 e. The summed E-state index contributed by atoms with van der Waals surface area (Å²) in [6.45, 7) is 8.14. The van der Waals surface area contributed by atoms with Crippen LogP contribution in [0.4, 0.5) is 5.69 Å². The van der Waals surface area contributed by atoms with Gasteiger partial charge in [-0.05, 0) is 44.8 Å². The van der Waals surface area contributed by atoms with Crippen LogP contribution >= 0.6 is 0 Å². The SMILES string of the molecule is CC(C)c1[nH]nc(C(=O)NCCCN2CCCCC2)c1N.